The van der Waals surface area contributed by atoms with Crippen molar-refractivity contribution in [3.63, 3.8) is 0 Å². The van der Waals surface area contributed by atoms with Crippen LogP contribution < -0.4 is 5.56 Å². The molecule has 0 aliphatic rings. The Bertz CT molecular complexity index is 1540. The van der Waals surface area contributed by atoms with Crippen LogP contribution in [0.3, 0.4) is 0 Å². The second-order valence-electron chi connectivity index (χ2n) is 8.86. The molecule has 5 aromatic rings. The lowest BCUT2D eigenvalue weighted by atomic mass is 10.0. The fraction of sp³-hybridized carbons (Fsp3) is 0.179. The molecule has 5 rings (SSSR count). The van der Waals surface area contributed by atoms with Gasteiger partial charge in [0.15, 0.2) is 0 Å². The molecule has 2 aromatic heterocycles. The maximum absolute atomic E-state index is 13.8. The first-order chi connectivity index (χ1) is 16.9. The maximum atomic E-state index is 13.8. The van der Waals surface area contributed by atoms with Gasteiger partial charge in [-0.3, -0.25) is 9.36 Å². The number of nitrogens with zero attached hydrogens (tertiary/aromatic N) is 4. The summed E-state index contributed by atoms with van der Waals surface area (Å²) in [5.74, 6) is 1.56. The van der Waals surface area contributed by atoms with Crippen molar-refractivity contribution >= 4 is 34.1 Å². The van der Waals surface area contributed by atoms with Crippen LogP contribution in [0.4, 0.5) is 0 Å². The van der Waals surface area contributed by atoms with Crippen molar-refractivity contribution in [1.82, 2.24) is 19.1 Å². The van der Waals surface area contributed by atoms with Gasteiger partial charge in [-0.2, -0.15) is 0 Å². The van der Waals surface area contributed by atoms with E-state index in [4.69, 9.17) is 28.2 Å². The number of imidazole rings is 1. The Morgan fingerprint density at radius 3 is 2.34 bits per heavy atom. The third-order valence-electron chi connectivity index (χ3n) is 6.10. The fourth-order valence-corrected chi connectivity index (χ4v) is 4.75. The highest BCUT2D eigenvalue weighted by Gasteiger charge is 2.27. The molecule has 176 valence electrons. The van der Waals surface area contributed by atoms with E-state index < -0.39 is 0 Å². The summed E-state index contributed by atoms with van der Waals surface area (Å²) in [7, 11) is 0. The van der Waals surface area contributed by atoms with E-state index in [9.17, 15) is 4.79 Å². The summed E-state index contributed by atoms with van der Waals surface area (Å²) in [6.45, 7) is 4.66. The fourth-order valence-electron chi connectivity index (χ4n) is 4.46. The molecule has 0 amide bonds. The summed E-state index contributed by atoms with van der Waals surface area (Å²) in [6, 6.07) is 22.5. The molecule has 1 unspecified atom stereocenters. The summed E-state index contributed by atoms with van der Waals surface area (Å²) in [4.78, 5) is 23.5. The highest BCUT2D eigenvalue weighted by Crippen LogP contribution is 2.31. The average Bonchev–Trinajstić information content (AvgIpc) is 3.31. The van der Waals surface area contributed by atoms with Gasteiger partial charge in [0.2, 0.25) is 0 Å². The smallest absolute Gasteiger partial charge is 0.261 e. The minimum absolute atomic E-state index is 0.0932. The van der Waals surface area contributed by atoms with Crippen molar-refractivity contribution in [3.8, 4) is 11.4 Å². The Hall–Kier alpha value is -3.41. The third-order valence-corrected chi connectivity index (χ3v) is 6.58. The summed E-state index contributed by atoms with van der Waals surface area (Å²) in [5.41, 5.74) is 2.45. The van der Waals surface area contributed by atoms with Crippen LogP contribution in [-0.2, 0) is 6.54 Å². The minimum Gasteiger partial charge on any atom is -0.320 e. The summed E-state index contributed by atoms with van der Waals surface area (Å²) in [5, 5.41) is 1.75. The number of rotatable bonds is 6. The normalized spacial score (nSPS) is 12.4. The summed E-state index contributed by atoms with van der Waals surface area (Å²) < 4.78 is 3.87. The molecule has 0 bridgehead atoms. The van der Waals surface area contributed by atoms with Gasteiger partial charge in [-0.1, -0.05) is 67.4 Å². The van der Waals surface area contributed by atoms with Crippen LogP contribution in [0.2, 0.25) is 10.0 Å². The summed E-state index contributed by atoms with van der Waals surface area (Å²) >= 11 is 12.4. The molecule has 0 saturated heterocycles. The van der Waals surface area contributed by atoms with E-state index >= 15 is 0 Å². The third kappa shape index (κ3) is 4.62. The van der Waals surface area contributed by atoms with Crippen LogP contribution in [0.1, 0.15) is 31.3 Å². The zero-order chi connectivity index (χ0) is 24.5. The molecule has 7 heteroatoms. The van der Waals surface area contributed by atoms with Crippen LogP contribution in [0, 0.1) is 5.92 Å². The van der Waals surface area contributed by atoms with E-state index in [1.54, 1.807) is 29.0 Å². The molecule has 0 aliphatic heterocycles. The molecule has 2 heterocycles. The molecular formula is C28H24Cl2N4O. The van der Waals surface area contributed by atoms with Crippen molar-refractivity contribution in [2.24, 2.45) is 5.92 Å². The second kappa shape index (κ2) is 9.68. The number of hydrogen-bond donors (Lipinski definition) is 0. The van der Waals surface area contributed by atoms with Crippen LogP contribution >= 0.6 is 23.2 Å². The number of benzene rings is 3. The predicted molar refractivity (Wildman–Crippen MR) is 142 cm³/mol. The lowest BCUT2D eigenvalue weighted by Gasteiger charge is -2.27. The van der Waals surface area contributed by atoms with E-state index in [-0.39, 0.29) is 17.5 Å². The van der Waals surface area contributed by atoms with E-state index in [0.717, 1.165) is 17.0 Å². The standard InChI is InChI=1S/C28H24Cl2N4O/c1-18(2)25(33-15-14-31-26(33)20-8-10-21(29)11-9-20)27-32-24-16-22(30)12-13-23(24)28(35)34(27)17-19-6-4-3-5-7-19/h3-16,18,25H,17H2,1-2H3. The molecule has 35 heavy (non-hydrogen) atoms. The van der Waals surface area contributed by atoms with Gasteiger partial charge in [0, 0.05) is 28.0 Å². The second-order valence-corrected chi connectivity index (χ2v) is 9.74. The molecule has 0 fully saturated rings. The van der Waals surface area contributed by atoms with Gasteiger partial charge in [-0.05, 0) is 53.9 Å². The Balaban J connectivity index is 1.75. The number of hydrogen-bond acceptors (Lipinski definition) is 3. The molecule has 0 N–H and O–H groups in total. The molecule has 0 spiro atoms. The molecule has 0 saturated carbocycles. The SMILES string of the molecule is CC(C)C(c1nc2cc(Cl)ccc2c(=O)n1Cc1ccccc1)n1ccnc1-c1ccc(Cl)cc1. The van der Waals surface area contributed by atoms with Crippen molar-refractivity contribution in [2.45, 2.75) is 26.4 Å². The number of fused-ring (bicyclic) bond motifs is 1. The predicted octanol–water partition coefficient (Wildman–Crippen LogP) is 6.86. The van der Waals surface area contributed by atoms with E-state index in [1.165, 1.54) is 0 Å². The highest BCUT2D eigenvalue weighted by molar-refractivity contribution is 6.31. The molecule has 0 aliphatic carbocycles. The van der Waals surface area contributed by atoms with Gasteiger partial charge >= 0.3 is 0 Å². The lowest BCUT2D eigenvalue weighted by Crippen LogP contribution is -2.31. The largest absolute Gasteiger partial charge is 0.320 e. The Labute approximate surface area is 213 Å². The zero-order valence-corrected chi connectivity index (χ0v) is 20.9. The Kier molecular flexibility index (Phi) is 6.46. The average molecular weight is 503 g/mol. The van der Waals surface area contributed by atoms with Gasteiger partial charge in [0.1, 0.15) is 11.6 Å². The molecule has 5 nitrogen and oxygen atoms in total. The molecular weight excluding hydrogens is 479 g/mol. The van der Waals surface area contributed by atoms with Gasteiger partial charge < -0.3 is 4.57 Å². The van der Waals surface area contributed by atoms with Crippen LogP contribution in [-0.4, -0.2) is 19.1 Å². The Morgan fingerprint density at radius 2 is 1.63 bits per heavy atom. The van der Waals surface area contributed by atoms with E-state index in [0.29, 0.717) is 33.3 Å². The minimum atomic E-state index is -0.247. The first-order valence-corrected chi connectivity index (χ1v) is 12.2. The van der Waals surface area contributed by atoms with E-state index in [2.05, 4.69) is 23.4 Å². The first kappa shape index (κ1) is 23.3. The molecule has 0 radical (unpaired) electrons. The number of halogens is 2. The van der Waals surface area contributed by atoms with Gasteiger partial charge in [-0.15, -0.1) is 0 Å². The monoisotopic (exact) mass is 502 g/mol. The van der Waals surface area contributed by atoms with Crippen molar-refractivity contribution in [3.05, 3.63) is 117 Å². The van der Waals surface area contributed by atoms with Gasteiger partial charge in [-0.25, -0.2) is 9.97 Å². The van der Waals surface area contributed by atoms with Gasteiger partial charge in [0.25, 0.3) is 5.56 Å². The van der Waals surface area contributed by atoms with Gasteiger partial charge in [0.05, 0.1) is 23.5 Å². The highest BCUT2D eigenvalue weighted by atomic mass is 35.5. The zero-order valence-electron chi connectivity index (χ0n) is 19.4. The molecule has 3 aromatic carbocycles. The lowest BCUT2D eigenvalue weighted by molar-refractivity contribution is 0.401. The van der Waals surface area contributed by atoms with Crippen LogP contribution in [0.5, 0.6) is 0 Å². The van der Waals surface area contributed by atoms with Crippen molar-refractivity contribution in [2.75, 3.05) is 0 Å². The van der Waals surface area contributed by atoms with Crippen LogP contribution in [0.15, 0.2) is 90.0 Å². The summed E-state index contributed by atoms with van der Waals surface area (Å²) in [6.07, 6.45) is 3.71. The van der Waals surface area contributed by atoms with Crippen molar-refractivity contribution in [1.29, 1.82) is 0 Å². The number of aromatic nitrogens is 4. The molecule has 1 atom stereocenters. The van der Waals surface area contributed by atoms with Crippen molar-refractivity contribution < 1.29 is 0 Å². The quantitative estimate of drug-likeness (QED) is 0.254. The van der Waals surface area contributed by atoms with Crippen LogP contribution in [0.25, 0.3) is 22.3 Å². The Morgan fingerprint density at radius 1 is 0.914 bits per heavy atom. The topological polar surface area (TPSA) is 52.7 Å². The maximum Gasteiger partial charge on any atom is 0.261 e. The first-order valence-electron chi connectivity index (χ1n) is 11.4. The van der Waals surface area contributed by atoms with E-state index in [1.807, 2.05) is 60.8 Å².